The lowest BCUT2D eigenvalue weighted by Gasteiger charge is -2.10. The fourth-order valence-corrected chi connectivity index (χ4v) is 2.35. The summed E-state index contributed by atoms with van der Waals surface area (Å²) in [5, 5.41) is 3.03. The van der Waals surface area contributed by atoms with Gasteiger partial charge >= 0.3 is 0 Å². The van der Waals surface area contributed by atoms with Gasteiger partial charge in [0.15, 0.2) is 0 Å². The van der Waals surface area contributed by atoms with Gasteiger partial charge in [0.05, 0.1) is 0 Å². The number of allylic oxidation sites excluding steroid dienone is 1. The van der Waals surface area contributed by atoms with Crippen LogP contribution >= 0.6 is 0 Å². The smallest absolute Gasteiger partial charge is 0.220 e. The van der Waals surface area contributed by atoms with Gasteiger partial charge in [-0.15, -0.1) is 0 Å². The van der Waals surface area contributed by atoms with E-state index in [2.05, 4.69) is 29.6 Å². The van der Waals surface area contributed by atoms with E-state index in [1.165, 1.54) is 24.0 Å². The zero-order chi connectivity index (χ0) is 11.7. The lowest BCUT2D eigenvalue weighted by molar-refractivity contribution is -0.121. The molecule has 2 aliphatic rings. The van der Waals surface area contributed by atoms with Crippen molar-refractivity contribution in [2.45, 2.75) is 25.2 Å². The van der Waals surface area contributed by atoms with Crippen molar-refractivity contribution < 1.29 is 4.79 Å². The summed E-state index contributed by atoms with van der Waals surface area (Å²) in [5.41, 5.74) is 2.54. The maximum atomic E-state index is 11.8. The molecular weight excluding hydrogens is 210 g/mol. The van der Waals surface area contributed by atoms with E-state index >= 15 is 0 Å². The lowest BCUT2D eigenvalue weighted by Crippen LogP contribution is -2.26. The van der Waals surface area contributed by atoms with E-state index in [0.717, 1.165) is 12.5 Å². The van der Waals surface area contributed by atoms with Crippen LogP contribution in [-0.2, 0) is 4.79 Å². The molecule has 1 atom stereocenters. The molecule has 2 aliphatic carbocycles. The molecule has 1 amide bonds. The van der Waals surface area contributed by atoms with Crippen LogP contribution in [0.15, 0.2) is 30.3 Å². The molecule has 1 fully saturated rings. The van der Waals surface area contributed by atoms with Gasteiger partial charge in [-0.2, -0.15) is 0 Å². The highest BCUT2D eigenvalue weighted by Crippen LogP contribution is 2.32. The van der Waals surface area contributed by atoms with Crippen LogP contribution in [0.4, 0.5) is 0 Å². The normalized spacial score (nSPS) is 21.3. The number of hydrogen-bond donors (Lipinski definition) is 1. The fourth-order valence-electron chi connectivity index (χ4n) is 2.35. The number of benzene rings is 1. The zero-order valence-corrected chi connectivity index (χ0v) is 9.86. The third-order valence-corrected chi connectivity index (χ3v) is 3.59. The van der Waals surface area contributed by atoms with Gasteiger partial charge in [-0.25, -0.2) is 0 Å². The Morgan fingerprint density at radius 2 is 2.12 bits per heavy atom. The van der Waals surface area contributed by atoms with Crippen molar-refractivity contribution in [2.24, 2.45) is 5.92 Å². The van der Waals surface area contributed by atoms with Crippen molar-refractivity contribution >= 4 is 12.0 Å². The fraction of sp³-hybridized carbons (Fsp3) is 0.400. The maximum absolute atomic E-state index is 11.8. The Labute approximate surface area is 102 Å². The summed E-state index contributed by atoms with van der Waals surface area (Å²) in [5.74, 6) is 1.21. The second-order valence-electron chi connectivity index (χ2n) is 5.05. The van der Waals surface area contributed by atoms with Crippen molar-refractivity contribution in [3.05, 3.63) is 41.5 Å². The Hall–Kier alpha value is -1.57. The summed E-state index contributed by atoms with van der Waals surface area (Å²) in [7, 11) is 0. The topological polar surface area (TPSA) is 29.1 Å². The second-order valence-corrected chi connectivity index (χ2v) is 5.05. The Morgan fingerprint density at radius 3 is 2.94 bits per heavy atom. The van der Waals surface area contributed by atoms with Crippen molar-refractivity contribution in [3.8, 4) is 0 Å². The molecule has 0 radical (unpaired) electrons. The van der Waals surface area contributed by atoms with Gasteiger partial charge in [-0.1, -0.05) is 36.4 Å². The van der Waals surface area contributed by atoms with Crippen molar-refractivity contribution in [2.75, 3.05) is 6.54 Å². The third-order valence-electron chi connectivity index (χ3n) is 3.59. The molecule has 1 unspecified atom stereocenters. The molecule has 0 heterocycles. The Balaban J connectivity index is 1.59. The predicted octanol–water partition coefficient (Wildman–Crippen LogP) is 2.71. The molecule has 17 heavy (non-hydrogen) atoms. The molecule has 0 saturated heterocycles. The van der Waals surface area contributed by atoms with Crippen LogP contribution in [0.1, 0.15) is 36.3 Å². The number of rotatable bonds is 4. The number of nitrogens with one attached hydrogen (secondary N) is 1. The van der Waals surface area contributed by atoms with Crippen LogP contribution in [0, 0.1) is 5.92 Å². The van der Waals surface area contributed by atoms with E-state index in [9.17, 15) is 4.79 Å². The Bertz CT molecular complexity index is 460. The number of hydrogen-bond acceptors (Lipinski definition) is 1. The minimum atomic E-state index is 0.184. The maximum Gasteiger partial charge on any atom is 0.220 e. The summed E-state index contributed by atoms with van der Waals surface area (Å²) in [6.07, 6.45) is 7.41. The SMILES string of the molecule is O=C(CC1C=Cc2ccccc21)NCC1CC1. The molecule has 88 valence electrons. The van der Waals surface area contributed by atoms with Gasteiger partial charge in [-0.3, -0.25) is 4.79 Å². The average molecular weight is 227 g/mol. The molecule has 0 spiro atoms. The van der Waals surface area contributed by atoms with Gasteiger partial charge in [-0.05, 0) is 29.9 Å². The van der Waals surface area contributed by atoms with Crippen LogP contribution < -0.4 is 5.32 Å². The third kappa shape index (κ3) is 2.41. The van der Waals surface area contributed by atoms with E-state index < -0.39 is 0 Å². The van der Waals surface area contributed by atoms with Gasteiger partial charge in [0.25, 0.3) is 0 Å². The molecule has 1 aromatic carbocycles. The van der Waals surface area contributed by atoms with Crippen molar-refractivity contribution in [3.63, 3.8) is 0 Å². The first-order valence-corrected chi connectivity index (χ1v) is 6.37. The largest absolute Gasteiger partial charge is 0.356 e. The van der Waals surface area contributed by atoms with Gasteiger partial charge in [0.2, 0.25) is 5.91 Å². The van der Waals surface area contributed by atoms with Crippen LogP contribution in [0.2, 0.25) is 0 Å². The number of fused-ring (bicyclic) bond motifs is 1. The highest BCUT2D eigenvalue weighted by Gasteiger charge is 2.23. The summed E-state index contributed by atoms with van der Waals surface area (Å²) in [4.78, 5) is 11.8. The highest BCUT2D eigenvalue weighted by molar-refractivity contribution is 5.78. The number of amides is 1. The molecule has 2 heteroatoms. The average Bonchev–Trinajstić information content (AvgIpc) is 3.10. The molecule has 3 rings (SSSR count). The monoisotopic (exact) mass is 227 g/mol. The Kier molecular flexibility index (Phi) is 2.71. The van der Waals surface area contributed by atoms with Crippen LogP contribution in [0.5, 0.6) is 0 Å². The lowest BCUT2D eigenvalue weighted by atomic mass is 9.97. The summed E-state index contributed by atoms with van der Waals surface area (Å²) >= 11 is 0. The molecule has 0 aromatic heterocycles. The van der Waals surface area contributed by atoms with E-state index in [-0.39, 0.29) is 11.8 Å². The zero-order valence-electron chi connectivity index (χ0n) is 9.86. The van der Waals surface area contributed by atoms with Crippen LogP contribution in [0.3, 0.4) is 0 Å². The van der Waals surface area contributed by atoms with Crippen molar-refractivity contribution in [1.29, 1.82) is 0 Å². The van der Waals surface area contributed by atoms with E-state index in [1.807, 2.05) is 12.1 Å². The quantitative estimate of drug-likeness (QED) is 0.842. The van der Waals surface area contributed by atoms with E-state index in [1.54, 1.807) is 0 Å². The summed E-state index contributed by atoms with van der Waals surface area (Å²) in [6, 6.07) is 8.31. The first-order valence-electron chi connectivity index (χ1n) is 6.37. The first kappa shape index (κ1) is 10.6. The van der Waals surface area contributed by atoms with E-state index in [4.69, 9.17) is 0 Å². The second kappa shape index (κ2) is 4.36. The standard InChI is InChI=1S/C15H17NO/c17-15(16-10-11-5-6-11)9-13-8-7-12-3-1-2-4-14(12)13/h1-4,7-8,11,13H,5-6,9-10H2,(H,16,17). The molecule has 1 saturated carbocycles. The van der Waals surface area contributed by atoms with Crippen LogP contribution in [0.25, 0.3) is 6.08 Å². The molecule has 1 aromatic rings. The first-order chi connectivity index (χ1) is 8.33. The number of carbonyl (C=O) groups excluding carboxylic acids is 1. The predicted molar refractivity (Wildman–Crippen MR) is 68.6 cm³/mol. The molecule has 2 nitrogen and oxygen atoms in total. The molecule has 0 aliphatic heterocycles. The molecule has 1 N–H and O–H groups in total. The van der Waals surface area contributed by atoms with Crippen molar-refractivity contribution in [1.82, 2.24) is 5.32 Å². The minimum Gasteiger partial charge on any atom is -0.356 e. The minimum absolute atomic E-state index is 0.184. The van der Waals surface area contributed by atoms with Gasteiger partial charge in [0, 0.05) is 18.9 Å². The van der Waals surface area contributed by atoms with Gasteiger partial charge < -0.3 is 5.32 Å². The Morgan fingerprint density at radius 1 is 1.29 bits per heavy atom. The van der Waals surface area contributed by atoms with Crippen LogP contribution in [-0.4, -0.2) is 12.5 Å². The summed E-state index contributed by atoms with van der Waals surface area (Å²) in [6.45, 7) is 0.872. The molecular formula is C15H17NO. The summed E-state index contributed by atoms with van der Waals surface area (Å²) < 4.78 is 0. The van der Waals surface area contributed by atoms with E-state index in [0.29, 0.717) is 6.42 Å². The molecule has 0 bridgehead atoms. The highest BCUT2D eigenvalue weighted by atomic mass is 16.1. The van der Waals surface area contributed by atoms with Gasteiger partial charge in [0.1, 0.15) is 0 Å². The number of carbonyl (C=O) groups is 1.